The van der Waals surface area contributed by atoms with Crippen molar-refractivity contribution in [3.05, 3.63) is 15.6 Å². The molecule has 3 N–H and O–H groups in total. The van der Waals surface area contributed by atoms with Crippen LogP contribution in [0.1, 0.15) is 36.3 Å². The van der Waals surface area contributed by atoms with Gasteiger partial charge in [-0.15, -0.1) is 11.3 Å². The van der Waals surface area contributed by atoms with E-state index in [2.05, 4.69) is 25.9 Å². The molecule has 1 aromatic rings. The number of guanidine groups is 1. The van der Waals surface area contributed by atoms with Crippen LogP contribution in [0, 0.1) is 19.3 Å². The smallest absolute Gasteiger partial charge is 0.225 e. The molecule has 6 nitrogen and oxygen atoms in total. The Hall–Kier alpha value is -1.63. The summed E-state index contributed by atoms with van der Waals surface area (Å²) in [5.74, 6) is 0.767. The molecule has 0 fully saturated rings. The minimum atomic E-state index is -0.360. The number of carbonyl (C=O) groups excluding carboxylic acids is 1. The minimum absolute atomic E-state index is 0.0491. The average molecular weight is 325 g/mol. The van der Waals surface area contributed by atoms with E-state index in [1.54, 1.807) is 18.4 Å². The molecule has 0 aliphatic rings. The van der Waals surface area contributed by atoms with E-state index in [1.165, 1.54) is 4.88 Å². The quantitative estimate of drug-likeness (QED) is 0.436. The molecular weight excluding hydrogens is 298 g/mol. The molecular formula is C15H27N5OS. The van der Waals surface area contributed by atoms with Crippen LogP contribution in [0.3, 0.4) is 0 Å². The summed E-state index contributed by atoms with van der Waals surface area (Å²) in [5.41, 5.74) is 0.699. The number of amides is 1. The van der Waals surface area contributed by atoms with Gasteiger partial charge in [0.25, 0.3) is 0 Å². The van der Waals surface area contributed by atoms with Crippen molar-refractivity contribution in [3.63, 3.8) is 0 Å². The van der Waals surface area contributed by atoms with Crippen LogP contribution in [0.4, 0.5) is 0 Å². The summed E-state index contributed by atoms with van der Waals surface area (Å²) in [4.78, 5) is 21.5. The summed E-state index contributed by atoms with van der Waals surface area (Å²) >= 11 is 1.69. The van der Waals surface area contributed by atoms with E-state index >= 15 is 0 Å². The normalized spacial score (nSPS) is 12.2. The molecule has 22 heavy (non-hydrogen) atoms. The highest BCUT2D eigenvalue weighted by Crippen LogP contribution is 2.16. The van der Waals surface area contributed by atoms with Gasteiger partial charge >= 0.3 is 0 Å². The number of aromatic nitrogens is 1. The monoisotopic (exact) mass is 325 g/mol. The second-order valence-electron chi connectivity index (χ2n) is 6.10. The second-order valence-corrected chi connectivity index (χ2v) is 7.39. The Morgan fingerprint density at radius 1 is 1.18 bits per heavy atom. The first kappa shape index (κ1) is 18.4. The fourth-order valence-electron chi connectivity index (χ4n) is 1.74. The minimum Gasteiger partial charge on any atom is -0.355 e. The maximum Gasteiger partial charge on any atom is 0.225 e. The van der Waals surface area contributed by atoms with Gasteiger partial charge in [0.2, 0.25) is 5.91 Å². The van der Waals surface area contributed by atoms with Gasteiger partial charge in [0.1, 0.15) is 0 Å². The van der Waals surface area contributed by atoms with Gasteiger partial charge in [-0.3, -0.25) is 9.79 Å². The van der Waals surface area contributed by atoms with Crippen molar-refractivity contribution < 1.29 is 4.79 Å². The zero-order valence-corrected chi connectivity index (χ0v) is 15.1. The van der Waals surface area contributed by atoms with Crippen molar-refractivity contribution in [2.24, 2.45) is 10.4 Å². The SMILES string of the molecule is CN=C(NCCNC(=O)C(C)(C)C)NCc1sc(C)nc1C. The number of thiazole rings is 1. The van der Waals surface area contributed by atoms with E-state index in [0.717, 1.165) is 16.7 Å². The Bertz CT molecular complexity index is 531. The van der Waals surface area contributed by atoms with Crippen molar-refractivity contribution in [3.8, 4) is 0 Å². The summed E-state index contributed by atoms with van der Waals surface area (Å²) in [5, 5.41) is 10.4. The number of aliphatic imine (C=N–C) groups is 1. The molecule has 0 spiro atoms. The third-order valence-corrected chi connectivity index (χ3v) is 4.10. The Morgan fingerprint density at radius 2 is 1.82 bits per heavy atom. The van der Waals surface area contributed by atoms with Gasteiger partial charge in [0.05, 0.1) is 17.2 Å². The molecule has 1 amide bonds. The first-order valence-corrected chi connectivity index (χ1v) is 8.21. The third-order valence-electron chi connectivity index (χ3n) is 3.02. The summed E-state index contributed by atoms with van der Waals surface area (Å²) in [6.07, 6.45) is 0. The fraction of sp³-hybridized carbons (Fsp3) is 0.667. The molecule has 0 aliphatic carbocycles. The molecule has 0 radical (unpaired) electrons. The highest BCUT2D eigenvalue weighted by Gasteiger charge is 2.20. The van der Waals surface area contributed by atoms with Crippen molar-refractivity contribution in [2.75, 3.05) is 20.1 Å². The molecule has 1 aromatic heterocycles. The van der Waals surface area contributed by atoms with Crippen LogP contribution in [-0.2, 0) is 11.3 Å². The summed E-state index contributed by atoms with van der Waals surface area (Å²) in [6.45, 7) is 11.6. The zero-order valence-electron chi connectivity index (χ0n) is 14.3. The number of hydrogen-bond donors (Lipinski definition) is 3. The van der Waals surface area contributed by atoms with E-state index < -0.39 is 0 Å². The number of aryl methyl sites for hydroxylation is 2. The molecule has 0 atom stereocenters. The van der Waals surface area contributed by atoms with Crippen LogP contribution in [0.2, 0.25) is 0 Å². The lowest BCUT2D eigenvalue weighted by molar-refractivity contribution is -0.128. The highest BCUT2D eigenvalue weighted by molar-refractivity contribution is 7.11. The first-order chi connectivity index (χ1) is 10.2. The second kappa shape index (κ2) is 8.12. The fourth-order valence-corrected chi connectivity index (χ4v) is 2.62. The topological polar surface area (TPSA) is 78.4 Å². The number of rotatable bonds is 5. The average Bonchev–Trinajstić information content (AvgIpc) is 2.74. The van der Waals surface area contributed by atoms with Crippen molar-refractivity contribution in [1.82, 2.24) is 20.9 Å². The van der Waals surface area contributed by atoms with Crippen LogP contribution in [0.5, 0.6) is 0 Å². The molecule has 7 heteroatoms. The van der Waals surface area contributed by atoms with E-state index in [4.69, 9.17) is 0 Å². The van der Waals surface area contributed by atoms with Crippen molar-refractivity contribution in [1.29, 1.82) is 0 Å². The van der Waals surface area contributed by atoms with Crippen LogP contribution >= 0.6 is 11.3 Å². The molecule has 1 rings (SSSR count). The predicted octanol–water partition coefficient (Wildman–Crippen LogP) is 1.59. The first-order valence-electron chi connectivity index (χ1n) is 7.39. The molecule has 0 aromatic carbocycles. The van der Waals surface area contributed by atoms with E-state index in [0.29, 0.717) is 19.6 Å². The predicted molar refractivity (Wildman–Crippen MR) is 92.3 cm³/mol. The van der Waals surface area contributed by atoms with Crippen LogP contribution in [-0.4, -0.2) is 37.0 Å². The Balaban J connectivity index is 2.32. The van der Waals surface area contributed by atoms with Gasteiger partial charge in [-0.2, -0.15) is 0 Å². The Labute approximate surface area is 136 Å². The van der Waals surface area contributed by atoms with E-state index in [1.807, 2.05) is 34.6 Å². The van der Waals surface area contributed by atoms with Crippen molar-refractivity contribution in [2.45, 2.75) is 41.2 Å². The van der Waals surface area contributed by atoms with Crippen molar-refractivity contribution >= 4 is 23.2 Å². The van der Waals surface area contributed by atoms with Crippen LogP contribution in [0.15, 0.2) is 4.99 Å². The lowest BCUT2D eigenvalue weighted by Gasteiger charge is -2.18. The number of carbonyl (C=O) groups is 1. The van der Waals surface area contributed by atoms with Gasteiger partial charge < -0.3 is 16.0 Å². The molecule has 0 bridgehead atoms. The highest BCUT2D eigenvalue weighted by atomic mass is 32.1. The lowest BCUT2D eigenvalue weighted by Crippen LogP contribution is -2.43. The van der Waals surface area contributed by atoms with Gasteiger partial charge in [0.15, 0.2) is 5.96 Å². The maximum atomic E-state index is 11.7. The maximum absolute atomic E-state index is 11.7. The Morgan fingerprint density at radius 3 is 2.32 bits per heavy atom. The largest absolute Gasteiger partial charge is 0.355 e. The van der Waals surface area contributed by atoms with Gasteiger partial charge in [-0.1, -0.05) is 20.8 Å². The molecule has 0 unspecified atom stereocenters. The van der Waals surface area contributed by atoms with Crippen LogP contribution < -0.4 is 16.0 Å². The molecule has 0 saturated heterocycles. The van der Waals surface area contributed by atoms with Gasteiger partial charge in [-0.25, -0.2) is 4.98 Å². The standard InChI is InChI=1S/C15H27N5OS/c1-10-12(22-11(2)20-10)9-19-14(16-6)18-8-7-17-13(21)15(3,4)5/h7-9H2,1-6H3,(H,17,21)(H2,16,18,19). The zero-order chi connectivity index (χ0) is 16.8. The number of nitrogens with one attached hydrogen (secondary N) is 3. The summed E-state index contributed by atoms with van der Waals surface area (Å²) in [7, 11) is 1.73. The molecule has 0 saturated carbocycles. The molecule has 1 heterocycles. The molecule has 0 aliphatic heterocycles. The van der Waals surface area contributed by atoms with Gasteiger partial charge in [-0.05, 0) is 13.8 Å². The number of hydrogen-bond acceptors (Lipinski definition) is 4. The van der Waals surface area contributed by atoms with E-state index in [-0.39, 0.29) is 11.3 Å². The van der Waals surface area contributed by atoms with Crippen LogP contribution in [0.25, 0.3) is 0 Å². The molecule has 124 valence electrons. The third kappa shape index (κ3) is 6.01. The summed E-state index contributed by atoms with van der Waals surface area (Å²) in [6, 6.07) is 0. The Kier molecular flexibility index (Phi) is 6.80. The van der Waals surface area contributed by atoms with Gasteiger partial charge in [0, 0.05) is 30.4 Å². The van der Waals surface area contributed by atoms with E-state index in [9.17, 15) is 4.79 Å². The summed E-state index contributed by atoms with van der Waals surface area (Å²) < 4.78 is 0. The number of nitrogens with zero attached hydrogens (tertiary/aromatic N) is 2. The lowest BCUT2D eigenvalue weighted by atomic mass is 9.96.